The van der Waals surface area contributed by atoms with Crippen LogP contribution < -0.4 is 5.19 Å². The molecule has 0 fully saturated rings. The van der Waals surface area contributed by atoms with E-state index in [4.69, 9.17) is 6.42 Å². The van der Waals surface area contributed by atoms with Crippen LogP contribution in [-0.4, -0.2) is 8.07 Å². The normalized spacial score (nSPS) is 12.2. The third-order valence-electron chi connectivity index (χ3n) is 7.16. The lowest BCUT2D eigenvalue weighted by Crippen LogP contribution is -2.46. The van der Waals surface area contributed by atoms with Gasteiger partial charge < -0.3 is 0 Å². The second-order valence-electron chi connectivity index (χ2n) is 8.39. The summed E-state index contributed by atoms with van der Waals surface area (Å²) in [6.07, 6.45) is 6.02. The number of hydrogen-bond acceptors (Lipinski definition) is 1. The van der Waals surface area contributed by atoms with E-state index in [9.17, 15) is 0 Å². The number of thiophene rings is 1. The molecule has 0 unspecified atom stereocenters. The molecule has 0 aliphatic rings. The maximum absolute atomic E-state index is 6.02. The van der Waals surface area contributed by atoms with Crippen LogP contribution in [0.1, 0.15) is 25.6 Å². The monoisotopic (exact) mass is 422 g/mol. The van der Waals surface area contributed by atoms with Crippen molar-refractivity contribution in [3.63, 3.8) is 0 Å². The van der Waals surface area contributed by atoms with Crippen LogP contribution in [0.3, 0.4) is 0 Å². The average molecular weight is 423 g/mol. The van der Waals surface area contributed by atoms with E-state index >= 15 is 0 Å². The summed E-state index contributed by atoms with van der Waals surface area (Å²) in [6, 6.07) is 26.5. The van der Waals surface area contributed by atoms with Gasteiger partial charge >= 0.3 is 0 Å². The van der Waals surface area contributed by atoms with Gasteiger partial charge in [0, 0.05) is 4.70 Å². The second-order valence-corrected chi connectivity index (χ2v) is 14.6. The zero-order valence-corrected chi connectivity index (χ0v) is 19.7. The smallest absolute Gasteiger partial charge is 0.0894 e. The summed E-state index contributed by atoms with van der Waals surface area (Å²) >= 11 is 1.82. The number of benzene rings is 4. The van der Waals surface area contributed by atoms with Gasteiger partial charge in [-0.3, -0.25) is 0 Å². The molecule has 0 saturated carbocycles. The predicted molar refractivity (Wildman–Crippen MR) is 139 cm³/mol. The number of hydrogen-bond donors (Lipinski definition) is 0. The molecule has 0 atom stereocenters. The molecule has 0 amide bonds. The third-order valence-corrected chi connectivity index (χ3v) is 14.1. The van der Waals surface area contributed by atoms with Crippen molar-refractivity contribution in [2.45, 2.75) is 38.9 Å². The summed E-state index contributed by atoms with van der Waals surface area (Å²) in [5.41, 5.74) is 0. The third kappa shape index (κ3) is 2.81. The minimum Gasteiger partial charge on any atom is -0.127 e. The molecule has 1 aromatic heterocycles. The Morgan fingerprint density at radius 1 is 0.733 bits per heavy atom. The van der Waals surface area contributed by atoms with Gasteiger partial charge in [-0.1, -0.05) is 69.1 Å². The van der Waals surface area contributed by atoms with Gasteiger partial charge in [0.1, 0.15) is 0 Å². The van der Waals surface area contributed by atoms with Gasteiger partial charge in [-0.25, -0.2) is 0 Å². The first kappa shape index (κ1) is 19.4. The number of terminal acetylenes is 1. The van der Waals surface area contributed by atoms with Crippen molar-refractivity contribution in [2.24, 2.45) is 0 Å². The van der Waals surface area contributed by atoms with Crippen molar-refractivity contribution < 1.29 is 0 Å². The maximum Gasteiger partial charge on any atom is 0.0894 e. The quantitative estimate of drug-likeness (QED) is 0.156. The summed E-state index contributed by atoms with van der Waals surface area (Å²) in [7, 11) is -1.58. The molecule has 0 radical (unpaired) electrons. The molecular weight excluding hydrogens is 396 g/mol. The van der Waals surface area contributed by atoms with E-state index in [0.29, 0.717) is 0 Å². The fourth-order valence-corrected chi connectivity index (χ4v) is 10.9. The lowest BCUT2D eigenvalue weighted by Gasteiger charge is -2.28. The van der Waals surface area contributed by atoms with Gasteiger partial charge in [0.15, 0.2) is 0 Å². The van der Waals surface area contributed by atoms with E-state index in [1.54, 1.807) is 0 Å². The highest BCUT2D eigenvalue weighted by molar-refractivity contribution is 7.22. The van der Waals surface area contributed by atoms with Crippen LogP contribution in [0.15, 0.2) is 60.7 Å². The van der Waals surface area contributed by atoms with Gasteiger partial charge in [-0.2, -0.15) is 0 Å². The Morgan fingerprint density at radius 2 is 1.23 bits per heavy atom. The van der Waals surface area contributed by atoms with Crippen molar-refractivity contribution in [2.75, 3.05) is 0 Å². The lowest BCUT2D eigenvalue weighted by molar-refractivity contribution is 1.20. The Hall–Kier alpha value is -2.60. The Bertz CT molecular complexity index is 1450. The van der Waals surface area contributed by atoms with E-state index < -0.39 is 8.07 Å². The van der Waals surface area contributed by atoms with Crippen LogP contribution in [0.4, 0.5) is 0 Å². The predicted octanol–water partition coefficient (Wildman–Crippen LogP) is 8.06. The molecule has 5 rings (SSSR count). The molecule has 0 aliphatic carbocycles. The van der Waals surface area contributed by atoms with Gasteiger partial charge in [-0.15, -0.1) is 17.8 Å². The van der Waals surface area contributed by atoms with E-state index in [0.717, 1.165) is 0 Å². The van der Waals surface area contributed by atoms with Crippen LogP contribution >= 0.6 is 11.3 Å². The van der Waals surface area contributed by atoms with Crippen molar-refractivity contribution in [3.05, 3.63) is 65.5 Å². The average Bonchev–Trinajstić information content (AvgIpc) is 3.14. The van der Waals surface area contributed by atoms with Gasteiger partial charge in [0.05, 0.1) is 13.0 Å². The van der Waals surface area contributed by atoms with Crippen LogP contribution in [0.5, 0.6) is 0 Å². The van der Waals surface area contributed by atoms with E-state index in [-0.39, 0.29) is 0 Å². The summed E-state index contributed by atoms with van der Waals surface area (Å²) in [5.74, 6) is 3.06. The highest BCUT2D eigenvalue weighted by atomic mass is 32.1. The van der Waals surface area contributed by atoms with Gasteiger partial charge in [-0.05, 0) is 79.3 Å². The van der Waals surface area contributed by atoms with Crippen LogP contribution in [0.25, 0.3) is 42.4 Å². The maximum atomic E-state index is 6.02. The van der Waals surface area contributed by atoms with Crippen LogP contribution in [0, 0.1) is 12.3 Å². The Labute approximate surface area is 183 Å². The zero-order chi connectivity index (χ0) is 20.9. The highest BCUT2D eigenvalue weighted by Crippen LogP contribution is 2.36. The largest absolute Gasteiger partial charge is 0.127 e. The Morgan fingerprint density at radius 3 is 1.77 bits per heavy atom. The molecule has 0 saturated heterocycles. The minimum atomic E-state index is -1.58. The molecular formula is C28H26SSi. The van der Waals surface area contributed by atoms with Crippen molar-refractivity contribution in [3.8, 4) is 12.3 Å². The molecule has 0 nitrogen and oxygen atoms in total. The van der Waals surface area contributed by atoms with Crippen molar-refractivity contribution in [1.29, 1.82) is 0 Å². The van der Waals surface area contributed by atoms with Crippen molar-refractivity contribution in [1.82, 2.24) is 0 Å². The Kier molecular flexibility index (Phi) is 4.69. The molecule has 0 spiro atoms. The van der Waals surface area contributed by atoms with E-state index in [1.165, 1.54) is 70.6 Å². The first-order chi connectivity index (χ1) is 14.6. The second kappa shape index (κ2) is 7.27. The molecule has 1 heterocycles. The van der Waals surface area contributed by atoms with E-state index in [1.807, 2.05) is 11.3 Å². The fourth-order valence-electron chi connectivity index (χ4n) is 5.19. The molecule has 30 heavy (non-hydrogen) atoms. The zero-order valence-electron chi connectivity index (χ0n) is 17.9. The molecule has 0 N–H and O–H groups in total. The minimum absolute atomic E-state index is 1.17. The lowest BCUT2D eigenvalue weighted by atomic mass is 9.99. The first-order valence-corrected chi connectivity index (χ1v) is 14.4. The standard InChI is InChI=1S/C28H26SSi/c1-5-26-28(30(6-2,7-3)8-4)25-17-23-15-21-13-19-11-9-10-12-20(19)14-22(21)16-24(23)18-27(25)29-26/h1,9-18H,6-8H2,2-4H3. The SMILES string of the molecule is C#Cc1sc2cc3cc4cc5ccccc5cc4cc3cc2c1[Si](CC)(CC)CC. The topological polar surface area (TPSA) is 0 Å². The van der Waals surface area contributed by atoms with E-state index in [2.05, 4.69) is 87.4 Å². The molecule has 0 aliphatic heterocycles. The molecule has 5 aromatic rings. The van der Waals surface area contributed by atoms with Crippen LogP contribution in [-0.2, 0) is 0 Å². The number of rotatable bonds is 4. The first-order valence-electron chi connectivity index (χ1n) is 10.9. The summed E-state index contributed by atoms with van der Waals surface area (Å²) in [5, 5.41) is 10.8. The van der Waals surface area contributed by atoms with Crippen molar-refractivity contribution >= 4 is 67.0 Å². The molecule has 148 valence electrons. The molecule has 2 heteroatoms. The number of fused-ring (bicyclic) bond motifs is 4. The highest BCUT2D eigenvalue weighted by Gasteiger charge is 2.34. The summed E-state index contributed by atoms with van der Waals surface area (Å²) < 4.78 is 1.35. The van der Waals surface area contributed by atoms with Gasteiger partial charge in [0.2, 0.25) is 0 Å². The van der Waals surface area contributed by atoms with Crippen LogP contribution in [0.2, 0.25) is 18.1 Å². The van der Waals surface area contributed by atoms with Gasteiger partial charge in [0.25, 0.3) is 0 Å². The summed E-state index contributed by atoms with van der Waals surface area (Å²) in [6.45, 7) is 7.09. The molecule has 0 bridgehead atoms. The summed E-state index contributed by atoms with van der Waals surface area (Å²) in [4.78, 5) is 1.17. The molecule has 4 aromatic carbocycles. The fraction of sp³-hybridized carbons (Fsp3) is 0.214. The Balaban J connectivity index is 1.85.